The van der Waals surface area contributed by atoms with Gasteiger partial charge in [-0.15, -0.1) is 0 Å². The number of aryl methyl sites for hydroxylation is 1. The number of ether oxygens (including phenoxy) is 1. The molecule has 0 aliphatic rings. The number of amides is 2. The van der Waals surface area contributed by atoms with Gasteiger partial charge in [0.1, 0.15) is 17.9 Å². The van der Waals surface area contributed by atoms with Gasteiger partial charge in [0.05, 0.1) is 17.6 Å². The summed E-state index contributed by atoms with van der Waals surface area (Å²) in [5.74, 6) is 5.44. The number of benzene rings is 1. The first-order valence-corrected chi connectivity index (χ1v) is 9.91. The van der Waals surface area contributed by atoms with Crippen molar-refractivity contribution in [2.75, 3.05) is 13.6 Å². The van der Waals surface area contributed by atoms with Crippen molar-refractivity contribution < 1.29 is 19.1 Å². The number of fused-ring (bicyclic) bond motifs is 1. The Hall–Kier alpha value is -3.54. The van der Waals surface area contributed by atoms with Gasteiger partial charge in [0.15, 0.2) is 0 Å². The molecule has 2 rings (SSSR count). The number of hydrogen-bond acceptors (Lipinski definition) is 5. The number of nitrogens with one attached hydrogen (secondary N) is 2. The van der Waals surface area contributed by atoms with Gasteiger partial charge in [0.2, 0.25) is 5.91 Å². The molecule has 2 N–H and O–H groups in total. The van der Waals surface area contributed by atoms with Gasteiger partial charge in [0.25, 0.3) is 0 Å². The number of aromatic nitrogens is 2. The van der Waals surface area contributed by atoms with Crippen molar-refractivity contribution in [1.82, 2.24) is 19.8 Å². The number of aldehydes is 1. The summed E-state index contributed by atoms with van der Waals surface area (Å²) in [7, 11) is 3.11. The number of hydrogen-bond donors (Lipinski definition) is 2. The zero-order chi connectivity index (χ0) is 23.2. The lowest BCUT2D eigenvalue weighted by molar-refractivity contribution is -0.124. The van der Waals surface area contributed by atoms with Crippen molar-refractivity contribution in [3.05, 3.63) is 34.2 Å². The molecule has 166 valence electrons. The SMILES string of the molecule is CNC(=O)C(CCC=O)n1c(=O)n(C)c2cc(C#CCNC(=O)OC(C)(C)C)ccc21. The fourth-order valence-electron chi connectivity index (χ4n) is 3.09. The van der Waals surface area contributed by atoms with Crippen LogP contribution in [0.3, 0.4) is 0 Å². The van der Waals surface area contributed by atoms with E-state index in [0.29, 0.717) is 16.6 Å². The van der Waals surface area contributed by atoms with Crippen LogP contribution in [-0.2, 0) is 21.4 Å². The molecule has 31 heavy (non-hydrogen) atoms. The third-order valence-electron chi connectivity index (χ3n) is 4.46. The Morgan fingerprint density at radius 2 is 1.97 bits per heavy atom. The van der Waals surface area contributed by atoms with Gasteiger partial charge in [0, 0.05) is 26.1 Å². The first-order chi connectivity index (χ1) is 14.6. The Kier molecular flexibility index (Phi) is 7.64. The Balaban J connectivity index is 2.29. The second-order valence-corrected chi connectivity index (χ2v) is 7.95. The first-order valence-electron chi connectivity index (χ1n) is 9.91. The van der Waals surface area contributed by atoms with E-state index in [4.69, 9.17) is 4.74 Å². The summed E-state index contributed by atoms with van der Waals surface area (Å²) < 4.78 is 7.99. The molecular formula is C22H28N4O5. The second-order valence-electron chi connectivity index (χ2n) is 7.95. The summed E-state index contributed by atoms with van der Waals surface area (Å²) in [4.78, 5) is 47.6. The summed E-state index contributed by atoms with van der Waals surface area (Å²) in [6.07, 6.45) is 0.563. The predicted octanol–water partition coefficient (Wildman–Crippen LogP) is 1.48. The van der Waals surface area contributed by atoms with E-state index in [2.05, 4.69) is 22.5 Å². The molecule has 9 nitrogen and oxygen atoms in total. The highest BCUT2D eigenvalue weighted by molar-refractivity contribution is 5.84. The largest absolute Gasteiger partial charge is 0.444 e. The van der Waals surface area contributed by atoms with Crippen molar-refractivity contribution >= 4 is 29.3 Å². The fraction of sp³-hybridized carbons (Fsp3) is 0.455. The minimum atomic E-state index is -0.790. The molecule has 2 amide bonds. The number of carbonyl (C=O) groups is 3. The van der Waals surface area contributed by atoms with Crippen LogP contribution >= 0.6 is 0 Å². The molecule has 0 radical (unpaired) electrons. The Morgan fingerprint density at radius 3 is 2.58 bits per heavy atom. The molecule has 0 aliphatic carbocycles. The average molecular weight is 428 g/mol. The van der Waals surface area contributed by atoms with Gasteiger partial charge in [-0.3, -0.25) is 13.9 Å². The summed E-state index contributed by atoms with van der Waals surface area (Å²) in [6, 6.07) is 4.41. The van der Waals surface area contributed by atoms with E-state index in [1.165, 1.54) is 16.2 Å². The molecule has 0 bridgehead atoms. The number of carbonyl (C=O) groups excluding carboxylic acids is 3. The van der Waals surface area contributed by atoms with Crippen molar-refractivity contribution in [3.8, 4) is 11.8 Å². The summed E-state index contributed by atoms with van der Waals surface area (Å²) >= 11 is 0. The Labute approximate surface area is 180 Å². The summed E-state index contributed by atoms with van der Waals surface area (Å²) in [5, 5.41) is 5.11. The quantitative estimate of drug-likeness (QED) is 0.535. The molecule has 1 atom stereocenters. The van der Waals surface area contributed by atoms with E-state index < -0.39 is 17.7 Å². The molecule has 1 heterocycles. The smallest absolute Gasteiger partial charge is 0.408 e. The van der Waals surface area contributed by atoms with Crippen LogP contribution in [0.25, 0.3) is 11.0 Å². The Bertz CT molecular complexity index is 1100. The molecule has 2 aromatic rings. The van der Waals surface area contributed by atoms with E-state index in [1.807, 2.05) is 0 Å². The summed E-state index contributed by atoms with van der Waals surface area (Å²) in [6.45, 7) is 5.43. The Morgan fingerprint density at radius 1 is 1.26 bits per heavy atom. The van der Waals surface area contributed by atoms with E-state index in [0.717, 1.165) is 6.29 Å². The van der Waals surface area contributed by atoms with Gasteiger partial charge in [-0.05, 0) is 45.4 Å². The molecule has 0 saturated carbocycles. The topological polar surface area (TPSA) is 111 Å². The number of likely N-dealkylation sites (N-methyl/N-ethyl adjacent to an activating group) is 1. The zero-order valence-corrected chi connectivity index (χ0v) is 18.4. The molecular weight excluding hydrogens is 400 g/mol. The maximum Gasteiger partial charge on any atom is 0.408 e. The van der Waals surface area contributed by atoms with Crippen LogP contribution in [-0.4, -0.2) is 46.6 Å². The lowest BCUT2D eigenvalue weighted by Gasteiger charge is -2.19. The van der Waals surface area contributed by atoms with Crippen molar-refractivity contribution in [2.24, 2.45) is 7.05 Å². The monoisotopic (exact) mass is 428 g/mol. The maximum absolute atomic E-state index is 12.8. The van der Waals surface area contributed by atoms with Crippen molar-refractivity contribution in [3.63, 3.8) is 0 Å². The minimum absolute atomic E-state index is 0.108. The van der Waals surface area contributed by atoms with E-state index in [1.54, 1.807) is 46.0 Å². The average Bonchev–Trinajstić information content (AvgIpc) is 2.95. The van der Waals surface area contributed by atoms with E-state index >= 15 is 0 Å². The number of rotatable bonds is 6. The molecule has 0 aliphatic heterocycles. The molecule has 1 aromatic carbocycles. The van der Waals surface area contributed by atoms with Crippen LogP contribution in [0, 0.1) is 11.8 Å². The standard InChI is InChI=1S/C22H28N4O5/c1-22(2,3)31-20(29)24-12-6-8-15-10-11-16-18(14-15)25(5)21(30)26(16)17(9-7-13-27)19(28)23-4/h10-11,13-14,17H,7,9,12H2,1-5H3,(H,23,28)(H,24,29). The molecule has 1 unspecified atom stereocenters. The first kappa shape index (κ1) is 23.7. The van der Waals surface area contributed by atoms with E-state index in [9.17, 15) is 19.2 Å². The lowest BCUT2D eigenvalue weighted by atomic mass is 10.1. The second kappa shape index (κ2) is 9.98. The van der Waals surface area contributed by atoms with Crippen LogP contribution in [0.4, 0.5) is 4.79 Å². The minimum Gasteiger partial charge on any atom is -0.444 e. The van der Waals surface area contributed by atoms with Crippen LogP contribution in [0.1, 0.15) is 45.2 Å². The van der Waals surface area contributed by atoms with Gasteiger partial charge in [-0.25, -0.2) is 9.59 Å². The van der Waals surface area contributed by atoms with Gasteiger partial charge in [-0.1, -0.05) is 11.8 Å². The molecule has 9 heteroatoms. The number of alkyl carbamates (subject to hydrolysis) is 1. The van der Waals surface area contributed by atoms with Gasteiger partial charge >= 0.3 is 11.8 Å². The highest BCUT2D eigenvalue weighted by Crippen LogP contribution is 2.21. The molecule has 0 saturated heterocycles. The third-order valence-corrected chi connectivity index (χ3v) is 4.46. The summed E-state index contributed by atoms with van der Waals surface area (Å²) in [5.41, 5.74) is 0.891. The van der Waals surface area contributed by atoms with Gasteiger partial charge in [-0.2, -0.15) is 0 Å². The highest BCUT2D eigenvalue weighted by Gasteiger charge is 2.24. The van der Waals surface area contributed by atoms with Gasteiger partial charge < -0.3 is 20.2 Å². The lowest BCUT2D eigenvalue weighted by Crippen LogP contribution is -2.36. The van der Waals surface area contributed by atoms with Crippen LogP contribution < -0.4 is 16.3 Å². The number of nitrogens with zero attached hydrogens (tertiary/aromatic N) is 2. The normalized spacial score (nSPS) is 11.9. The van der Waals surface area contributed by atoms with Crippen LogP contribution in [0.15, 0.2) is 23.0 Å². The number of imidazole rings is 1. The zero-order valence-electron chi connectivity index (χ0n) is 18.4. The maximum atomic E-state index is 12.8. The molecule has 0 fully saturated rings. The van der Waals surface area contributed by atoms with Crippen LogP contribution in [0.5, 0.6) is 0 Å². The van der Waals surface area contributed by atoms with Crippen molar-refractivity contribution in [1.29, 1.82) is 0 Å². The molecule has 1 aromatic heterocycles. The predicted molar refractivity (Wildman–Crippen MR) is 117 cm³/mol. The molecule has 0 spiro atoms. The fourth-order valence-corrected chi connectivity index (χ4v) is 3.09. The van der Waals surface area contributed by atoms with Crippen LogP contribution in [0.2, 0.25) is 0 Å². The third kappa shape index (κ3) is 5.98. The van der Waals surface area contributed by atoms with Crippen molar-refractivity contribution in [2.45, 2.75) is 45.3 Å². The van der Waals surface area contributed by atoms with E-state index in [-0.39, 0.29) is 31.0 Å². The highest BCUT2D eigenvalue weighted by atomic mass is 16.6.